The molecule has 2 rings (SSSR count). The molecule has 0 unspecified atom stereocenters. The first-order chi connectivity index (χ1) is 6.11. The van der Waals surface area contributed by atoms with E-state index in [9.17, 15) is 15.1 Å². The Kier molecular flexibility index (Phi) is 1.33. The molecule has 0 aliphatic heterocycles. The number of aromatic hydroxyl groups is 1. The van der Waals surface area contributed by atoms with E-state index >= 15 is 0 Å². The van der Waals surface area contributed by atoms with Crippen molar-refractivity contribution in [2.24, 2.45) is 7.05 Å². The molecule has 0 amide bonds. The number of fused-ring (bicyclic) bond motifs is 1. The molecule has 0 atom stereocenters. The molecule has 2 N–H and O–H groups in total. The van der Waals surface area contributed by atoms with Crippen molar-refractivity contribution < 1.29 is 10.3 Å². The SMILES string of the molecule is Cn1cnc2c1c(O)cc(=O)n2O. The summed E-state index contributed by atoms with van der Waals surface area (Å²) >= 11 is 0. The van der Waals surface area contributed by atoms with Crippen molar-refractivity contribution in [2.45, 2.75) is 0 Å². The molecule has 0 saturated carbocycles. The molecule has 13 heavy (non-hydrogen) atoms. The molecular formula is C7H7N3O3. The quantitative estimate of drug-likeness (QED) is 0.546. The number of aryl methyl sites for hydroxylation is 1. The second kappa shape index (κ2) is 2.25. The number of pyridine rings is 1. The van der Waals surface area contributed by atoms with Crippen LogP contribution in [0.25, 0.3) is 11.2 Å². The Morgan fingerprint density at radius 3 is 2.92 bits per heavy atom. The number of nitrogens with zero attached hydrogens (tertiary/aromatic N) is 3. The predicted molar refractivity (Wildman–Crippen MR) is 43.8 cm³/mol. The van der Waals surface area contributed by atoms with Gasteiger partial charge in [-0.25, -0.2) is 4.98 Å². The highest BCUT2D eigenvalue weighted by Crippen LogP contribution is 2.19. The van der Waals surface area contributed by atoms with E-state index in [-0.39, 0.29) is 11.4 Å². The minimum Gasteiger partial charge on any atom is -0.505 e. The van der Waals surface area contributed by atoms with Crippen LogP contribution in [0.4, 0.5) is 0 Å². The molecule has 6 heteroatoms. The maximum atomic E-state index is 11.0. The topological polar surface area (TPSA) is 80.3 Å². The Balaban J connectivity index is 3.08. The minimum atomic E-state index is -0.705. The van der Waals surface area contributed by atoms with Crippen LogP contribution in [0.3, 0.4) is 0 Å². The average molecular weight is 181 g/mol. The highest BCUT2D eigenvalue weighted by molar-refractivity contribution is 5.77. The molecular weight excluding hydrogens is 174 g/mol. The van der Waals surface area contributed by atoms with E-state index in [1.165, 1.54) is 10.9 Å². The van der Waals surface area contributed by atoms with Gasteiger partial charge in [0, 0.05) is 7.05 Å². The molecule has 0 aliphatic carbocycles. The van der Waals surface area contributed by atoms with Crippen LogP contribution in [-0.4, -0.2) is 24.6 Å². The molecule has 0 aliphatic rings. The summed E-state index contributed by atoms with van der Waals surface area (Å²) in [4.78, 5) is 14.7. The summed E-state index contributed by atoms with van der Waals surface area (Å²) in [7, 11) is 1.65. The van der Waals surface area contributed by atoms with Crippen LogP contribution >= 0.6 is 0 Å². The van der Waals surface area contributed by atoms with Gasteiger partial charge in [-0.1, -0.05) is 0 Å². The molecule has 0 spiro atoms. The van der Waals surface area contributed by atoms with Gasteiger partial charge < -0.3 is 14.9 Å². The van der Waals surface area contributed by atoms with Crippen molar-refractivity contribution in [1.29, 1.82) is 0 Å². The van der Waals surface area contributed by atoms with Crippen LogP contribution in [0.5, 0.6) is 5.75 Å². The molecule has 0 radical (unpaired) electrons. The Hall–Kier alpha value is -1.98. The molecule has 2 heterocycles. The van der Waals surface area contributed by atoms with Crippen molar-refractivity contribution in [1.82, 2.24) is 14.3 Å². The fourth-order valence-corrected chi connectivity index (χ4v) is 1.22. The number of imidazole rings is 1. The first-order valence-electron chi connectivity index (χ1n) is 3.56. The molecule has 6 nitrogen and oxygen atoms in total. The van der Waals surface area contributed by atoms with Crippen LogP contribution < -0.4 is 5.56 Å². The highest BCUT2D eigenvalue weighted by atomic mass is 16.5. The molecule has 2 aromatic heterocycles. The molecule has 0 fully saturated rings. The highest BCUT2D eigenvalue weighted by Gasteiger charge is 2.11. The lowest BCUT2D eigenvalue weighted by molar-refractivity contribution is 0.186. The summed E-state index contributed by atoms with van der Waals surface area (Å²) in [6.45, 7) is 0. The molecule has 0 bridgehead atoms. The van der Waals surface area contributed by atoms with E-state index in [0.29, 0.717) is 10.2 Å². The summed E-state index contributed by atoms with van der Waals surface area (Å²) in [6, 6.07) is 0.935. The summed E-state index contributed by atoms with van der Waals surface area (Å²) in [5.41, 5.74) is -0.335. The van der Waals surface area contributed by atoms with Crippen molar-refractivity contribution in [3.63, 3.8) is 0 Å². The van der Waals surface area contributed by atoms with Gasteiger partial charge in [-0.05, 0) is 0 Å². The maximum absolute atomic E-state index is 11.0. The molecule has 0 aromatic carbocycles. The first kappa shape index (κ1) is 7.66. The van der Waals surface area contributed by atoms with Crippen molar-refractivity contribution in [3.8, 4) is 5.75 Å². The third-order valence-corrected chi connectivity index (χ3v) is 1.83. The third kappa shape index (κ3) is 0.883. The maximum Gasteiger partial charge on any atom is 0.288 e. The predicted octanol–water partition coefficient (Wildman–Crippen LogP) is -0.322. The number of hydrogen-bond donors (Lipinski definition) is 2. The average Bonchev–Trinajstić information content (AvgIpc) is 2.44. The van der Waals surface area contributed by atoms with Gasteiger partial charge in [-0.2, -0.15) is 0 Å². The Morgan fingerprint density at radius 2 is 2.23 bits per heavy atom. The van der Waals surface area contributed by atoms with Crippen LogP contribution in [0.1, 0.15) is 0 Å². The van der Waals surface area contributed by atoms with Gasteiger partial charge in [0.05, 0.1) is 12.4 Å². The van der Waals surface area contributed by atoms with E-state index in [4.69, 9.17) is 0 Å². The fourth-order valence-electron chi connectivity index (χ4n) is 1.22. The zero-order chi connectivity index (χ0) is 9.59. The first-order valence-corrected chi connectivity index (χ1v) is 3.56. The van der Waals surface area contributed by atoms with Gasteiger partial charge in [0.1, 0.15) is 11.3 Å². The number of aromatic nitrogens is 3. The largest absolute Gasteiger partial charge is 0.505 e. The standard InChI is InChI=1S/C7H7N3O3/c1-9-3-8-7-6(9)4(11)2-5(12)10(7)13/h2-3,11,13H,1H3. The van der Waals surface area contributed by atoms with Gasteiger partial charge in [0.15, 0.2) is 0 Å². The van der Waals surface area contributed by atoms with E-state index in [0.717, 1.165) is 6.07 Å². The smallest absolute Gasteiger partial charge is 0.288 e. The van der Waals surface area contributed by atoms with Gasteiger partial charge in [-0.15, -0.1) is 4.73 Å². The van der Waals surface area contributed by atoms with E-state index < -0.39 is 5.56 Å². The fraction of sp³-hybridized carbons (Fsp3) is 0.143. The Labute approximate surface area is 72.3 Å². The van der Waals surface area contributed by atoms with E-state index in [1.54, 1.807) is 7.05 Å². The second-order valence-corrected chi connectivity index (χ2v) is 2.71. The van der Waals surface area contributed by atoms with Crippen LogP contribution in [0, 0.1) is 0 Å². The van der Waals surface area contributed by atoms with Crippen molar-refractivity contribution >= 4 is 11.2 Å². The lowest BCUT2D eigenvalue weighted by Crippen LogP contribution is -2.16. The Morgan fingerprint density at radius 1 is 1.54 bits per heavy atom. The van der Waals surface area contributed by atoms with Crippen LogP contribution in [0.15, 0.2) is 17.2 Å². The van der Waals surface area contributed by atoms with E-state index in [1.807, 2.05) is 0 Å². The molecule has 68 valence electrons. The minimum absolute atomic E-state index is 0.0486. The van der Waals surface area contributed by atoms with Crippen molar-refractivity contribution in [3.05, 3.63) is 22.7 Å². The molecule has 0 saturated heterocycles. The third-order valence-electron chi connectivity index (χ3n) is 1.83. The summed E-state index contributed by atoms with van der Waals surface area (Å²) < 4.78 is 1.91. The van der Waals surface area contributed by atoms with Gasteiger partial charge in [-0.3, -0.25) is 4.79 Å². The second-order valence-electron chi connectivity index (χ2n) is 2.71. The summed E-state index contributed by atoms with van der Waals surface area (Å²) in [5, 5.41) is 18.6. The number of hydrogen-bond acceptors (Lipinski definition) is 4. The van der Waals surface area contributed by atoms with Crippen molar-refractivity contribution in [2.75, 3.05) is 0 Å². The van der Waals surface area contributed by atoms with Gasteiger partial charge >= 0.3 is 0 Å². The number of rotatable bonds is 0. The Bertz CT molecular complexity index is 525. The monoisotopic (exact) mass is 181 g/mol. The summed E-state index contributed by atoms with van der Waals surface area (Å²) in [5.74, 6) is -0.190. The lowest BCUT2D eigenvalue weighted by Gasteiger charge is -1.99. The summed E-state index contributed by atoms with van der Waals surface area (Å²) in [6.07, 6.45) is 1.40. The van der Waals surface area contributed by atoms with Crippen LogP contribution in [-0.2, 0) is 7.05 Å². The van der Waals surface area contributed by atoms with Crippen LogP contribution in [0.2, 0.25) is 0 Å². The normalized spacial score (nSPS) is 10.8. The lowest BCUT2D eigenvalue weighted by atomic mass is 10.4. The van der Waals surface area contributed by atoms with E-state index in [2.05, 4.69) is 4.98 Å². The van der Waals surface area contributed by atoms with Gasteiger partial charge in [0.2, 0.25) is 5.65 Å². The molecule has 2 aromatic rings. The van der Waals surface area contributed by atoms with Gasteiger partial charge in [0.25, 0.3) is 5.56 Å². The zero-order valence-corrected chi connectivity index (χ0v) is 6.80. The zero-order valence-electron chi connectivity index (χ0n) is 6.80.